The van der Waals surface area contributed by atoms with Crippen LogP contribution in [0.1, 0.15) is 20.3 Å². The first-order valence-electron chi connectivity index (χ1n) is 4.92. The molecular formula is C11H23N2O+. The molecule has 0 fully saturated rings. The van der Waals surface area contributed by atoms with Crippen LogP contribution in [0.5, 0.6) is 0 Å². The summed E-state index contributed by atoms with van der Waals surface area (Å²) in [4.78, 5) is 10.9. The summed E-state index contributed by atoms with van der Waals surface area (Å²) < 4.78 is 0.886. The van der Waals surface area contributed by atoms with Gasteiger partial charge in [0.25, 0.3) is 0 Å². The van der Waals surface area contributed by atoms with Crippen LogP contribution in [-0.2, 0) is 4.79 Å². The minimum atomic E-state index is -0.0952. The van der Waals surface area contributed by atoms with Gasteiger partial charge in [-0.25, -0.2) is 0 Å². The second kappa shape index (κ2) is 4.60. The van der Waals surface area contributed by atoms with E-state index >= 15 is 0 Å². The lowest BCUT2D eigenvalue weighted by Crippen LogP contribution is -2.54. The average Bonchev–Trinajstić information content (AvgIpc) is 2.01. The van der Waals surface area contributed by atoms with Gasteiger partial charge in [-0.15, -0.1) is 0 Å². The Morgan fingerprint density at radius 2 is 1.93 bits per heavy atom. The standard InChI is InChI=1S/C11H22N2O/c1-7-10(14)12-9-8-11(2,3)13(4,5)6/h7H,1,8-9H2,2-6H3/p+1. The van der Waals surface area contributed by atoms with Gasteiger partial charge in [0.2, 0.25) is 5.91 Å². The van der Waals surface area contributed by atoms with Gasteiger partial charge in [-0.1, -0.05) is 6.58 Å². The number of nitrogens with one attached hydrogen (secondary N) is 1. The third-order valence-electron chi connectivity index (χ3n) is 3.04. The number of carbonyl (C=O) groups excluding carboxylic acids is 1. The molecule has 0 aliphatic rings. The molecule has 0 rings (SSSR count). The fourth-order valence-corrected chi connectivity index (χ4v) is 0.899. The number of amides is 1. The first-order valence-corrected chi connectivity index (χ1v) is 4.92. The number of rotatable bonds is 5. The molecule has 3 heteroatoms. The largest absolute Gasteiger partial charge is 0.352 e. The van der Waals surface area contributed by atoms with Gasteiger partial charge in [-0.05, 0) is 19.9 Å². The Hall–Kier alpha value is -0.830. The predicted octanol–water partition coefficient (Wildman–Crippen LogP) is 1.16. The van der Waals surface area contributed by atoms with Crippen molar-refractivity contribution < 1.29 is 9.28 Å². The molecule has 0 saturated heterocycles. The summed E-state index contributed by atoms with van der Waals surface area (Å²) in [6.07, 6.45) is 2.26. The topological polar surface area (TPSA) is 29.1 Å². The first kappa shape index (κ1) is 13.2. The van der Waals surface area contributed by atoms with Gasteiger partial charge in [0, 0.05) is 13.0 Å². The molecule has 0 aromatic carbocycles. The van der Waals surface area contributed by atoms with Crippen molar-refractivity contribution in [2.45, 2.75) is 25.8 Å². The van der Waals surface area contributed by atoms with Crippen LogP contribution in [0.15, 0.2) is 12.7 Å². The van der Waals surface area contributed by atoms with Crippen LogP contribution >= 0.6 is 0 Å². The Morgan fingerprint density at radius 1 is 1.43 bits per heavy atom. The van der Waals surface area contributed by atoms with E-state index in [2.05, 4.69) is 46.9 Å². The summed E-state index contributed by atoms with van der Waals surface area (Å²) in [7, 11) is 6.49. The van der Waals surface area contributed by atoms with E-state index in [1.54, 1.807) is 0 Å². The Labute approximate surface area is 87.4 Å². The predicted molar refractivity (Wildman–Crippen MR) is 59.9 cm³/mol. The van der Waals surface area contributed by atoms with E-state index in [1.165, 1.54) is 6.08 Å². The normalized spacial score (nSPS) is 12.4. The Bertz CT molecular complexity index is 214. The van der Waals surface area contributed by atoms with Crippen molar-refractivity contribution in [1.82, 2.24) is 5.32 Å². The van der Waals surface area contributed by atoms with Crippen molar-refractivity contribution in [2.75, 3.05) is 27.7 Å². The molecule has 1 amide bonds. The fraction of sp³-hybridized carbons (Fsp3) is 0.727. The minimum absolute atomic E-state index is 0.0952. The molecule has 0 aromatic rings. The molecule has 0 aromatic heterocycles. The molecule has 1 N–H and O–H groups in total. The molecule has 0 aliphatic carbocycles. The second-order valence-corrected chi connectivity index (χ2v) is 5.07. The molecular weight excluding hydrogens is 176 g/mol. The van der Waals surface area contributed by atoms with Gasteiger partial charge in [0.05, 0.1) is 26.7 Å². The zero-order valence-electron chi connectivity index (χ0n) is 10.1. The van der Waals surface area contributed by atoms with Crippen molar-refractivity contribution in [2.24, 2.45) is 0 Å². The van der Waals surface area contributed by atoms with Crippen LogP contribution in [0.3, 0.4) is 0 Å². The van der Waals surface area contributed by atoms with Crippen LogP contribution in [0.2, 0.25) is 0 Å². The van der Waals surface area contributed by atoms with Gasteiger partial charge in [0.1, 0.15) is 0 Å². The van der Waals surface area contributed by atoms with Crippen molar-refractivity contribution in [3.05, 3.63) is 12.7 Å². The van der Waals surface area contributed by atoms with E-state index in [-0.39, 0.29) is 11.4 Å². The lowest BCUT2D eigenvalue weighted by molar-refractivity contribution is -0.919. The molecule has 0 unspecified atom stereocenters. The zero-order chi connectivity index (χ0) is 11.4. The average molecular weight is 199 g/mol. The van der Waals surface area contributed by atoms with E-state index in [0.29, 0.717) is 6.54 Å². The van der Waals surface area contributed by atoms with Gasteiger partial charge in [-0.2, -0.15) is 0 Å². The maximum Gasteiger partial charge on any atom is 0.243 e. The molecule has 0 radical (unpaired) electrons. The molecule has 0 bridgehead atoms. The third-order valence-corrected chi connectivity index (χ3v) is 3.04. The molecule has 0 saturated carbocycles. The van der Waals surface area contributed by atoms with Gasteiger partial charge >= 0.3 is 0 Å². The number of hydrogen-bond donors (Lipinski definition) is 1. The van der Waals surface area contributed by atoms with Gasteiger partial charge in [0.15, 0.2) is 0 Å². The second-order valence-electron chi connectivity index (χ2n) is 5.07. The SMILES string of the molecule is C=CC(=O)NCCC(C)(C)[N+](C)(C)C. The molecule has 0 spiro atoms. The Kier molecular flexibility index (Phi) is 4.33. The quantitative estimate of drug-likeness (QED) is 0.522. The highest BCUT2D eigenvalue weighted by molar-refractivity contribution is 5.86. The lowest BCUT2D eigenvalue weighted by atomic mass is 9.97. The summed E-state index contributed by atoms with van der Waals surface area (Å²) in [6.45, 7) is 8.51. The van der Waals surface area contributed by atoms with Crippen molar-refractivity contribution in [3.63, 3.8) is 0 Å². The van der Waals surface area contributed by atoms with Crippen LogP contribution in [0, 0.1) is 0 Å². The Balaban J connectivity index is 4.01. The molecule has 0 atom stereocenters. The maximum absolute atomic E-state index is 10.9. The molecule has 0 aliphatic heterocycles. The zero-order valence-corrected chi connectivity index (χ0v) is 10.1. The summed E-state index contributed by atoms with van der Waals surface area (Å²) in [5, 5.41) is 2.79. The first-order chi connectivity index (χ1) is 6.20. The number of carbonyl (C=O) groups is 1. The van der Waals surface area contributed by atoms with Crippen molar-refractivity contribution >= 4 is 5.91 Å². The Morgan fingerprint density at radius 3 is 2.29 bits per heavy atom. The number of quaternary nitrogens is 1. The van der Waals surface area contributed by atoms with Crippen LogP contribution in [0.4, 0.5) is 0 Å². The molecule has 14 heavy (non-hydrogen) atoms. The van der Waals surface area contributed by atoms with Gasteiger partial charge in [-0.3, -0.25) is 4.79 Å². The highest BCUT2D eigenvalue weighted by atomic mass is 16.1. The van der Waals surface area contributed by atoms with E-state index < -0.39 is 0 Å². The lowest BCUT2D eigenvalue weighted by Gasteiger charge is -2.41. The monoisotopic (exact) mass is 199 g/mol. The highest BCUT2D eigenvalue weighted by Gasteiger charge is 2.31. The number of nitrogens with zero attached hydrogens (tertiary/aromatic N) is 1. The summed E-state index contributed by atoms with van der Waals surface area (Å²) in [5.41, 5.74) is 0.161. The maximum atomic E-state index is 10.9. The smallest absolute Gasteiger partial charge is 0.243 e. The third kappa shape index (κ3) is 3.92. The fourth-order valence-electron chi connectivity index (χ4n) is 0.899. The van der Waals surface area contributed by atoms with Crippen molar-refractivity contribution in [1.29, 1.82) is 0 Å². The molecule has 82 valence electrons. The summed E-state index contributed by atoms with van der Waals surface area (Å²) >= 11 is 0. The van der Waals surface area contributed by atoms with Crippen LogP contribution < -0.4 is 5.32 Å². The van der Waals surface area contributed by atoms with Crippen molar-refractivity contribution in [3.8, 4) is 0 Å². The summed E-state index contributed by atoms with van der Waals surface area (Å²) in [6, 6.07) is 0. The van der Waals surface area contributed by atoms with Crippen LogP contribution in [0.25, 0.3) is 0 Å². The summed E-state index contributed by atoms with van der Waals surface area (Å²) in [5.74, 6) is -0.0952. The molecule has 0 heterocycles. The van der Waals surface area contributed by atoms with E-state index in [9.17, 15) is 4.79 Å². The molecule has 3 nitrogen and oxygen atoms in total. The highest BCUT2D eigenvalue weighted by Crippen LogP contribution is 2.20. The minimum Gasteiger partial charge on any atom is -0.352 e. The van der Waals surface area contributed by atoms with Gasteiger partial charge < -0.3 is 9.80 Å². The number of hydrogen-bond acceptors (Lipinski definition) is 1. The van der Waals surface area contributed by atoms with E-state index in [1.807, 2.05) is 0 Å². The van der Waals surface area contributed by atoms with Crippen LogP contribution in [-0.4, -0.2) is 43.6 Å². The van der Waals surface area contributed by atoms with E-state index in [0.717, 1.165) is 10.9 Å². The van der Waals surface area contributed by atoms with E-state index in [4.69, 9.17) is 0 Å².